The number of H-pyrrole nitrogens is 1. The van der Waals surface area contributed by atoms with Crippen molar-refractivity contribution in [3.8, 4) is 0 Å². The van der Waals surface area contributed by atoms with Crippen molar-refractivity contribution >= 4 is 17.5 Å². The van der Waals surface area contributed by atoms with Crippen LogP contribution >= 0.6 is 0 Å². The van der Waals surface area contributed by atoms with Gasteiger partial charge < -0.3 is 10.4 Å². The molecular weight excluding hydrogens is 360 g/mol. The summed E-state index contributed by atoms with van der Waals surface area (Å²) in [7, 11) is 0. The minimum Gasteiger partial charge on any atom is -0.481 e. The number of aryl methyl sites for hydroxylation is 1. The molecule has 3 rings (SSSR count). The second-order valence-corrected chi connectivity index (χ2v) is 6.70. The minimum absolute atomic E-state index is 0.0692. The summed E-state index contributed by atoms with van der Waals surface area (Å²) in [5.74, 6) is -1.43. The van der Waals surface area contributed by atoms with Gasteiger partial charge in [-0.15, -0.1) is 0 Å². The summed E-state index contributed by atoms with van der Waals surface area (Å²) >= 11 is 0. The first-order chi connectivity index (χ1) is 13.4. The smallest absolute Gasteiger partial charge is 0.315 e. The number of carboxylic acid groups (broad SMARTS) is 1. The highest BCUT2D eigenvalue weighted by Crippen LogP contribution is 2.27. The molecule has 0 spiro atoms. The van der Waals surface area contributed by atoms with Crippen molar-refractivity contribution in [2.24, 2.45) is 0 Å². The Hall–Kier alpha value is -3.42. The number of carbonyl (C=O) groups is 2. The van der Waals surface area contributed by atoms with Crippen LogP contribution < -0.4 is 10.9 Å². The molecule has 0 aliphatic heterocycles. The van der Waals surface area contributed by atoms with Crippen molar-refractivity contribution in [2.45, 2.75) is 32.1 Å². The molecular formula is C20H22N4O4. The van der Waals surface area contributed by atoms with Gasteiger partial charge in [0.15, 0.2) is 5.65 Å². The molecule has 8 heteroatoms. The number of aliphatic carboxylic acids is 1. The number of amides is 1. The van der Waals surface area contributed by atoms with E-state index in [4.69, 9.17) is 0 Å². The van der Waals surface area contributed by atoms with Gasteiger partial charge in [-0.3, -0.25) is 19.5 Å². The number of aromatic amines is 1. The number of carboxylic acids is 1. The van der Waals surface area contributed by atoms with E-state index in [0.29, 0.717) is 23.3 Å². The van der Waals surface area contributed by atoms with Crippen molar-refractivity contribution in [3.63, 3.8) is 0 Å². The maximum absolute atomic E-state index is 12.6. The Morgan fingerprint density at radius 1 is 1.25 bits per heavy atom. The number of aromatic nitrogens is 3. The van der Waals surface area contributed by atoms with E-state index in [1.54, 1.807) is 50.4 Å². The van der Waals surface area contributed by atoms with Crippen LogP contribution in [0, 0.1) is 6.92 Å². The molecule has 1 atom stereocenters. The van der Waals surface area contributed by atoms with Crippen LogP contribution in [0.3, 0.4) is 0 Å². The lowest BCUT2D eigenvalue weighted by atomic mass is 9.78. The van der Waals surface area contributed by atoms with Gasteiger partial charge in [-0.25, -0.2) is 9.50 Å². The number of hydrogen-bond acceptors (Lipinski definition) is 4. The van der Waals surface area contributed by atoms with Gasteiger partial charge in [0.05, 0.1) is 6.42 Å². The topological polar surface area (TPSA) is 117 Å². The fourth-order valence-corrected chi connectivity index (χ4v) is 3.32. The minimum atomic E-state index is -1.23. The summed E-state index contributed by atoms with van der Waals surface area (Å²) in [6.45, 7) is 3.38. The molecule has 8 nitrogen and oxygen atoms in total. The van der Waals surface area contributed by atoms with Gasteiger partial charge >= 0.3 is 5.97 Å². The summed E-state index contributed by atoms with van der Waals surface area (Å²) < 4.78 is 1.27. The number of fused-ring (bicyclic) bond motifs is 1. The lowest BCUT2D eigenvalue weighted by Gasteiger charge is -2.29. The molecule has 146 valence electrons. The van der Waals surface area contributed by atoms with Crippen LogP contribution in [0.25, 0.3) is 5.65 Å². The third-order valence-electron chi connectivity index (χ3n) is 5.11. The summed E-state index contributed by atoms with van der Waals surface area (Å²) in [5.41, 5.74) is 0.272. The molecule has 0 bridgehead atoms. The van der Waals surface area contributed by atoms with E-state index in [1.807, 2.05) is 6.07 Å². The van der Waals surface area contributed by atoms with Crippen LogP contribution in [0.5, 0.6) is 0 Å². The Morgan fingerprint density at radius 3 is 2.61 bits per heavy atom. The van der Waals surface area contributed by atoms with Crippen molar-refractivity contribution in [2.75, 3.05) is 6.54 Å². The first kappa shape index (κ1) is 19.3. The molecule has 3 aromatic rings. The Morgan fingerprint density at radius 2 is 1.96 bits per heavy atom. The first-order valence-corrected chi connectivity index (χ1v) is 9.00. The summed E-state index contributed by atoms with van der Waals surface area (Å²) in [6, 6.07) is 10.5. The van der Waals surface area contributed by atoms with Crippen LogP contribution in [0.4, 0.5) is 0 Å². The van der Waals surface area contributed by atoms with E-state index >= 15 is 0 Å². The average Bonchev–Trinajstić information content (AvgIpc) is 3.15. The largest absolute Gasteiger partial charge is 0.481 e. The van der Waals surface area contributed by atoms with E-state index < -0.39 is 17.3 Å². The molecule has 2 heterocycles. The molecule has 1 aromatic carbocycles. The van der Waals surface area contributed by atoms with Gasteiger partial charge in [0, 0.05) is 30.1 Å². The normalized spacial score (nSPS) is 13.2. The molecule has 0 radical (unpaired) electrons. The van der Waals surface area contributed by atoms with Crippen molar-refractivity contribution in [1.82, 2.24) is 19.9 Å². The Balaban J connectivity index is 1.81. The molecule has 0 aliphatic carbocycles. The molecule has 0 saturated heterocycles. The summed E-state index contributed by atoms with van der Waals surface area (Å²) in [6.07, 6.45) is 1.73. The number of benzene rings is 1. The van der Waals surface area contributed by atoms with Crippen molar-refractivity contribution in [1.29, 1.82) is 0 Å². The third-order valence-corrected chi connectivity index (χ3v) is 5.11. The van der Waals surface area contributed by atoms with Gasteiger partial charge in [0.25, 0.3) is 5.56 Å². The number of rotatable bonds is 7. The predicted molar refractivity (Wildman–Crippen MR) is 103 cm³/mol. The van der Waals surface area contributed by atoms with Crippen LogP contribution in [-0.4, -0.2) is 38.1 Å². The Kier molecular flexibility index (Phi) is 5.30. The molecule has 1 amide bonds. The molecule has 3 N–H and O–H groups in total. The molecule has 0 aliphatic rings. The second kappa shape index (κ2) is 7.67. The maximum atomic E-state index is 12.6. The molecule has 0 saturated carbocycles. The Bertz CT molecular complexity index is 1070. The zero-order chi connectivity index (χ0) is 20.3. The lowest BCUT2D eigenvalue weighted by molar-refractivity contribution is -0.144. The molecule has 28 heavy (non-hydrogen) atoms. The predicted octanol–water partition coefficient (Wildman–Crippen LogP) is 1.42. The highest BCUT2D eigenvalue weighted by Gasteiger charge is 2.39. The SMILES string of the molecule is CCC(CNC(=O)Cc1c(C)nc2cc[nH]n2c1=O)(C(=O)O)c1ccccc1. The summed E-state index contributed by atoms with van der Waals surface area (Å²) in [5, 5.41) is 15.3. The van der Waals surface area contributed by atoms with Gasteiger partial charge in [0.2, 0.25) is 5.91 Å². The van der Waals surface area contributed by atoms with E-state index in [9.17, 15) is 19.5 Å². The van der Waals surface area contributed by atoms with Crippen LogP contribution in [0.2, 0.25) is 0 Å². The number of carbonyl (C=O) groups excluding carboxylic acids is 1. The van der Waals surface area contributed by atoms with Crippen LogP contribution in [-0.2, 0) is 21.4 Å². The Labute approximate surface area is 161 Å². The average molecular weight is 382 g/mol. The van der Waals surface area contributed by atoms with Crippen LogP contribution in [0.15, 0.2) is 47.4 Å². The van der Waals surface area contributed by atoms with Gasteiger partial charge in [0.1, 0.15) is 5.41 Å². The highest BCUT2D eigenvalue weighted by molar-refractivity contribution is 5.84. The van der Waals surface area contributed by atoms with E-state index in [-0.39, 0.29) is 24.1 Å². The third kappa shape index (κ3) is 3.40. The molecule has 0 fully saturated rings. The zero-order valence-electron chi connectivity index (χ0n) is 15.7. The lowest BCUT2D eigenvalue weighted by Crippen LogP contribution is -2.46. The van der Waals surface area contributed by atoms with Crippen molar-refractivity contribution in [3.05, 3.63) is 69.8 Å². The number of nitrogens with zero attached hydrogens (tertiary/aromatic N) is 2. The summed E-state index contributed by atoms with van der Waals surface area (Å²) in [4.78, 5) is 41.4. The van der Waals surface area contributed by atoms with Gasteiger partial charge in [-0.1, -0.05) is 37.3 Å². The fourth-order valence-electron chi connectivity index (χ4n) is 3.32. The van der Waals surface area contributed by atoms with E-state index in [2.05, 4.69) is 15.4 Å². The van der Waals surface area contributed by atoms with Crippen molar-refractivity contribution < 1.29 is 14.7 Å². The van der Waals surface area contributed by atoms with Crippen LogP contribution in [0.1, 0.15) is 30.2 Å². The second-order valence-electron chi connectivity index (χ2n) is 6.70. The molecule has 2 aromatic heterocycles. The standard InChI is InChI=1S/C20H22N4O4/c1-3-20(19(27)28,14-7-5-4-6-8-14)12-21-17(25)11-15-13(2)23-16-9-10-22-24(16)18(15)26/h4-10,22H,3,11-12H2,1-2H3,(H,21,25)(H,27,28). The fraction of sp³-hybridized carbons (Fsp3) is 0.300. The number of hydrogen-bond donors (Lipinski definition) is 3. The van der Waals surface area contributed by atoms with E-state index in [1.165, 1.54) is 4.52 Å². The maximum Gasteiger partial charge on any atom is 0.315 e. The molecule has 1 unspecified atom stereocenters. The first-order valence-electron chi connectivity index (χ1n) is 9.00. The monoisotopic (exact) mass is 382 g/mol. The van der Waals surface area contributed by atoms with E-state index in [0.717, 1.165) is 0 Å². The zero-order valence-corrected chi connectivity index (χ0v) is 15.7. The van der Waals surface area contributed by atoms with Gasteiger partial charge in [-0.05, 0) is 18.9 Å². The highest BCUT2D eigenvalue weighted by atomic mass is 16.4. The number of nitrogens with one attached hydrogen (secondary N) is 2. The quantitative estimate of drug-likeness (QED) is 0.571. The van der Waals surface area contributed by atoms with Gasteiger partial charge in [-0.2, -0.15) is 0 Å².